The fraction of sp³-hybridized carbons (Fsp3) is 0.529. The number of nitrogens with one attached hydrogen (secondary N) is 1. The fourth-order valence-electron chi connectivity index (χ4n) is 2.86. The number of hydrogen-bond donors (Lipinski definition) is 2. The molecule has 0 radical (unpaired) electrons. The molecule has 1 aliphatic heterocycles. The normalized spacial score (nSPS) is 17.4. The van der Waals surface area contributed by atoms with Crippen LogP contribution in [0.15, 0.2) is 18.2 Å². The Morgan fingerprint density at radius 2 is 2.21 bits per heavy atom. The van der Waals surface area contributed by atoms with Gasteiger partial charge in [0.2, 0.25) is 5.91 Å². The molecule has 1 aromatic rings. The first-order chi connectivity index (χ1) is 11.5. The van der Waals surface area contributed by atoms with Crippen LogP contribution in [-0.2, 0) is 4.79 Å². The van der Waals surface area contributed by atoms with Crippen molar-refractivity contribution in [2.24, 2.45) is 5.73 Å². The van der Waals surface area contributed by atoms with Crippen LogP contribution in [0.25, 0.3) is 0 Å². The van der Waals surface area contributed by atoms with Crippen LogP contribution in [0.5, 0.6) is 5.75 Å². The number of carbonyl (C=O) groups excluding carboxylic acids is 2. The van der Waals surface area contributed by atoms with Crippen LogP contribution < -0.4 is 15.8 Å². The number of carbonyl (C=O) groups is 2. The van der Waals surface area contributed by atoms with Crippen LogP contribution >= 0.6 is 11.6 Å². The zero-order valence-electron chi connectivity index (χ0n) is 13.9. The molecule has 6 nitrogen and oxygen atoms in total. The molecule has 0 aromatic heterocycles. The molecule has 24 heavy (non-hydrogen) atoms. The zero-order chi connectivity index (χ0) is 17.5. The predicted molar refractivity (Wildman–Crippen MR) is 94.4 cm³/mol. The Morgan fingerprint density at radius 3 is 2.92 bits per heavy atom. The van der Waals surface area contributed by atoms with Gasteiger partial charge in [-0.25, -0.2) is 4.79 Å². The van der Waals surface area contributed by atoms with Crippen molar-refractivity contribution in [1.29, 1.82) is 0 Å². The summed E-state index contributed by atoms with van der Waals surface area (Å²) in [6, 6.07) is 4.81. The number of anilines is 1. The number of benzene rings is 1. The summed E-state index contributed by atoms with van der Waals surface area (Å²) in [5.41, 5.74) is 5.83. The van der Waals surface area contributed by atoms with E-state index >= 15 is 0 Å². The third kappa shape index (κ3) is 4.77. The molecule has 3 N–H and O–H groups in total. The Hall–Kier alpha value is -1.95. The quantitative estimate of drug-likeness (QED) is 0.822. The van der Waals surface area contributed by atoms with Gasteiger partial charge in [0.15, 0.2) is 5.75 Å². The van der Waals surface area contributed by atoms with E-state index in [0.29, 0.717) is 29.6 Å². The molecule has 0 unspecified atom stereocenters. The minimum atomic E-state index is -0.394. The van der Waals surface area contributed by atoms with Crippen LogP contribution in [0.3, 0.4) is 0 Å². The average Bonchev–Trinajstić information content (AvgIpc) is 2.54. The molecular weight excluding hydrogens is 330 g/mol. The number of nitrogens with zero attached hydrogens (tertiary/aromatic N) is 1. The molecule has 132 valence electrons. The monoisotopic (exact) mass is 353 g/mol. The number of likely N-dealkylation sites (tertiary alicyclic amines) is 1. The van der Waals surface area contributed by atoms with E-state index in [-0.39, 0.29) is 18.5 Å². The maximum Gasteiger partial charge on any atom is 0.322 e. The first-order valence-electron chi connectivity index (χ1n) is 8.30. The van der Waals surface area contributed by atoms with Crippen molar-refractivity contribution in [3.8, 4) is 5.75 Å². The second-order valence-corrected chi connectivity index (χ2v) is 6.32. The van der Waals surface area contributed by atoms with E-state index in [9.17, 15) is 9.59 Å². The molecule has 0 bridgehead atoms. The highest BCUT2D eigenvalue weighted by molar-refractivity contribution is 6.32. The Balaban J connectivity index is 2.13. The number of halogens is 1. The number of nitrogens with two attached hydrogens (primary N) is 1. The smallest absolute Gasteiger partial charge is 0.322 e. The number of ether oxygens (including phenoxy) is 1. The highest BCUT2D eigenvalue weighted by Gasteiger charge is 2.28. The zero-order valence-corrected chi connectivity index (χ0v) is 14.6. The van der Waals surface area contributed by atoms with Gasteiger partial charge in [0.25, 0.3) is 0 Å². The van der Waals surface area contributed by atoms with E-state index in [0.717, 1.165) is 25.7 Å². The molecule has 3 amide bonds. The van der Waals surface area contributed by atoms with E-state index in [1.54, 1.807) is 23.1 Å². The van der Waals surface area contributed by atoms with Crippen LogP contribution in [0, 0.1) is 0 Å². The van der Waals surface area contributed by atoms with E-state index < -0.39 is 5.91 Å². The number of para-hydroxylation sites is 1. The number of piperidine rings is 1. The maximum absolute atomic E-state index is 12.7. The Kier molecular flexibility index (Phi) is 6.73. The van der Waals surface area contributed by atoms with Gasteiger partial charge >= 0.3 is 6.03 Å². The molecule has 0 aliphatic carbocycles. The van der Waals surface area contributed by atoms with Crippen molar-refractivity contribution in [2.45, 2.75) is 45.1 Å². The van der Waals surface area contributed by atoms with Gasteiger partial charge in [0.1, 0.15) is 0 Å². The van der Waals surface area contributed by atoms with Crippen molar-refractivity contribution in [3.05, 3.63) is 23.2 Å². The topological polar surface area (TPSA) is 84.7 Å². The number of hydrogen-bond acceptors (Lipinski definition) is 3. The molecule has 1 atom stereocenters. The lowest BCUT2D eigenvalue weighted by Gasteiger charge is -2.35. The van der Waals surface area contributed by atoms with Crippen LogP contribution in [0.2, 0.25) is 5.02 Å². The summed E-state index contributed by atoms with van der Waals surface area (Å²) < 4.78 is 5.66. The molecule has 1 heterocycles. The van der Waals surface area contributed by atoms with Crippen molar-refractivity contribution in [1.82, 2.24) is 4.90 Å². The Bertz CT molecular complexity index is 594. The molecule has 7 heteroatoms. The first kappa shape index (κ1) is 18.4. The lowest BCUT2D eigenvalue weighted by molar-refractivity contribution is -0.119. The van der Waals surface area contributed by atoms with Crippen LogP contribution in [0.4, 0.5) is 10.5 Å². The maximum atomic E-state index is 12.7. The molecule has 1 aliphatic rings. The van der Waals surface area contributed by atoms with E-state index in [2.05, 4.69) is 5.32 Å². The lowest BCUT2D eigenvalue weighted by atomic mass is 9.99. The highest BCUT2D eigenvalue weighted by Crippen LogP contribution is 2.33. The number of urea groups is 1. The highest BCUT2D eigenvalue weighted by atomic mass is 35.5. The summed E-state index contributed by atoms with van der Waals surface area (Å²) in [7, 11) is 0. The summed E-state index contributed by atoms with van der Waals surface area (Å²) in [6.45, 7) is 3.12. The summed E-state index contributed by atoms with van der Waals surface area (Å²) >= 11 is 6.18. The van der Waals surface area contributed by atoms with Crippen molar-refractivity contribution >= 4 is 29.2 Å². The van der Waals surface area contributed by atoms with Gasteiger partial charge in [-0.3, -0.25) is 4.79 Å². The molecule has 0 saturated carbocycles. The van der Waals surface area contributed by atoms with E-state index in [4.69, 9.17) is 22.1 Å². The van der Waals surface area contributed by atoms with Crippen molar-refractivity contribution < 1.29 is 14.3 Å². The summed E-state index contributed by atoms with van der Waals surface area (Å²) in [5.74, 6) is 0.0762. The lowest BCUT2D eigenvalue weighted by Crippen LogP contribution is -2.47. The van der Waals surface area contributed by atoms with Gasteiger partial charge in [0.05, 0.1) is 17.3 Å². The minimum absolute atomic E-state index is 0.157. The second-order valence-electron chi connectivity index (χ2n) is 5.91. The number of rotatable bonds is 6. The van der Waals surface area contributed by atoms with E-state index in [1.807, 2.05) is 6.92 Å². The van der Waals surface area contributed by atoms with Gasteiger partial charge in [0, 0.05) is 19.0 Å². The number of amides is 3. The average molecular weight is 354 g/mol. The Labute approximate surface area is 147 Å². The minimum Gasteiger partial charge on any atom is -0.490 e. The SMILES string of the molecule is CCCOc1c(Cl)cccc1NC(=O)N1CCCC[C@H]1CC(N)=O. The number of primary amides is 1. The summed E-state index contributed by atoms with van der Waals surface area (Å²) in [5, 5.41) is 3.31. The van der Waals surface area contributed by atoms with Gasteiger partial charge < -0.3 is 20.7 Å². The predicted octanol–water partition coefficient (Wildman–Crippen LogP) is 3.39. The first-order valence-corrected chi connectivity index (χ1v) is 8.68. The van der Waals surface area contributed by atoms with Crippen molar-refractivity contribution in [2.75, 3.05) is 18.5 Å². The van der Waals surface area contributed by atoms with Gasteiger partial charge in [-0.1, -0.05) is 24.6 Å². The van der Waals surface area contributed by atoms with Gasteiger partial charge in [-0.15, -0.1) is 0 Å². The molecule has 1 fully saturated rings. The molecule has 1 saturated heterocycles. The molecule has 1 aromatic carbocycles. The largest absolute Gasteiger partial charge is 0.490 e. The van der Waals surface area contributed by atoms with Crippen LogP contribution in [0.1, 0.15) is 39.0 Å². The Morgan fingerprint density at radius 1 is 1.42 bits per heavy atom. The standard InChI is InChI=1S/C17H24ClN3O3/c1-2-10-24-16-13(18)7-5-8-14(16)20-17(23)21-9-4-3-6-12(21)11-15(19)22/h5,7-8,12H,2-4,6,9-11H2,1H3,(H2,19,22)(H,20,23)/t12-/m0/s1. The van der Waals surface area contributed by atoms with Crippen molar-refractivity contribution in [3.63, 3.8) is 0 Å². The van der Waals surface area contributed by atoms with Gasteiger partial charge in [-0.2, -0.15) is 0 Å². The van der Waals surface area contributed by atoms with Crippen LogP contribution in [-0.4, -0.2) is 36.0 Å². The van der Waals surface area contributed by atoms with Gasteiger partial charge in [-0.05, 0) is 37.8 Å². The molecular formula is C17H24ClN3O3. The third-order valence-electron chi connectivity index (χ3n) is 3.98. The molecule has 0 spiro atoms. The summed E-state index contributed by atoms with van der Waals surface area (Å²) in [6.07, 6.45) is 3.71. The third-order valence-corrected chi connectivity index (χ3v) is 4.28. The molecule has 2 rings (SSSR count). The fourth-order valence-corrected chi connectivity index (χ4v) is 3.09. The second kappa shape index (κ2) is 8.78. The van der Waals surface area contributed by atoms with E-state index in [1.165, 1.54) is 0 Å². The summed E-state index contributed by atoms with van der Waals surface area (Å²) in [4.78, 5) is 25.6.